The van der Waals surface area contributed by atoms with Crippen molar-refractivity contribution in [1.29, 1.82) is 0 Å². The van der Waals surface area contributed by atoms with Crippen LogP contribution in [0, 0.1) is 6.92 Å². The van der Waals surface area contributed by atoms with Crippen LogP contribution in [0.5, 0.6) is 0 Å². The minimum absolute atomic E-state index is 0.762. The van der Waals surface area contributed by atoms with E-state index in [-0.39, 0.29) is 0 Å². The lowest BCUT2D eigenvalue weighted by molar-refractivity contribution is 0.844. The molecule has 0 radical (unpaired) electrons. The molecule has 0 amide bonds. The number of hydrogen-bond donors (Lipinski definition) is 1. The van der Waals surface area contributed by atoms with Crippen LogP contribution in [-0.4, -0.2) is 23.1 Å². The van der Waals surface area contributed by atoms with E-state index in [9.17, 15) is 0 Å². The summed E-state index contributed by atoms with van der Waals surface area (Å²) in [6, 6.07) is 4.20. The molecule has 0 atom stereocenters. The molecule has 0 spiro atoms. The predicted octanol–water partition coefficient (Wildman–Crippen LogP) is 3.30. The van der Waals surface area contributed by atoms with Gasteiger partial charge in [-0.05, 0) is 32.4 Å². The Balaban J connectivity index is 1.95. The Kier molecular flexibility index (Phi) is 4.74. The van der Waals surface area contributed by atoms with Crippen molar-refractivity contribution in [1.82, 2.24) is 9.97 Å². The highest BCUT2D eigenvalue weighted by molar-refractivity contribution is 7.15. The number of aryl methyl sites for hydroxylation is 1. The van der Waals surface area contributed by atoms with Crippen LogP contribution >= 0.6 is 11.3 Å². The highest BCUT2D eigenvalue weighted by Crippen LogP contribution is 2.18. The molecule has 5 heteroatoms. The first kappa shape index (κ1) is 13.8. The van der Waals surface area contributed by atoms with Crippen molar-refractivity contribution in [2.24, 2.45) is 0 Å². The second kappa shape index (κ2) is 6.52. The van der Waals surface area contributed by atoms with Gasteiger partial charge in [0, 0.05) is 36.9 Å². The number of nitrogens with one attached hydrogen (secondary N) is 1. The molecule has 1 N–H and O–H groups in total. The number of hydrogen-bond acceptors (Lipinski definition) is 5. The van der Waals surface area contributed by atoms with Gasteiger partial charge in [-0.1, -0.05) is 6.07 Å². The Bertz CT molecular complexity index is 502. The van der Waals surface area contributed by atoms with Gasteiger partial charge >= 0.3 is 0 Å². The van der Waals surface area contributed by atoms with Crippen LogP contribution in [0.3, 0.4) is 0 Å². The maximum Gasteiger partial charge on any atom is 0.183 e. The van der Waals surface area contributed by atoms with E-state index < -0.39 is 0 Å². The van der Waals surface area contributed by atoms with E-state index in [4.69, 9.17) is 0 Å². The van der Waals surface area contributed by atoms with Crippen molar-refractivity contribution in [3.63, 3.8) is 0 Å². The minimum atomic E-state index is 0.762. The second-order valence-electron chi connectivity index (χ2n) is 4.33. The van der Waals surface area contributed by atoms with Gasteiger partial charge in [0.25, 0.3) is 0 Å². The topological polar surface area (TPSA) is 41.0 Å². The van der Waals surface area contributed by atoms with Crippen LogP contribution in [0.4, 0.5) is 10.9 Å². The Morgan fingerprint density at radius 2 is 1.95 bits per heavy atom. The predicted molar refractivity (Wildman–Crippen MR) is 82.0 cm³/mol. The van der Waals surface area contributed by atoms with Gasteiger partial charge in [0.2, 0.25) is 0 Å². The molecular formula is C14H20N4S. The van der Waals surface area contributed by atoms with E-state index in [0.717, 1.165) is 30.6 Å². The van der Waals surface area contributed by atoms with Crippen molar-refractivity contribution < 1.29 is 0 Å². The number of aromatic nitrogens is 2. The molecule has 2 aromatic heterocycles. The van der Waals surface area contributed by atoms with Gasteiger partial charge in [-0.15, -0.1) is 11.3 Å². The van der Waals surface area contributed by atoms with Gasteiger partial charge in [0.1, 0.15) is 5.82 Å². The van der Waals surface area contributed by atoms with Gasteiger partial charge in [-0.2, -0.15) is 0 Å². The summed E-state index contributed by atoms with van der Waals surface area (Å²) in [5, 5.41) is 4.28. The molecule has 0 unspecified atom stereocenters. The van der Waals surface area contributed by atoms with Gasteiger partial charge in [-0.3, -0.25) is 0 Å². The van der Waals surface area contributed by atoms with Crippen LogP contribution in [0.15, 0.2) is 24.5 Å². The van der Waals surface area contributed by atoms with Crippen molar-refractivity contribution in [2.45, 2.75) is 27.3 Å². The summed E-state index contributed by atoms with van der Waals surface area (Å²) in [6.07, 6.45) is 3.82. The summed E-state index contributed by atoms with van der Waals surface area (Å²) >= 11 is 1.67. The molecule has 19 heavy (non-hydrogen) atoms. The molecule has 0 bridgehead atoms. The van der Waals surface area contributed by atoms with Crippen molar-refractivity contribution in [3.05, 3.63) is 35.0 Å². The molecule has 4 nitrogen and oxygen atoms in total. The van der Waals surface area contributed by atoms with Gasteiger partial charge in [-0.25, -0.2) is 9.97 Å². The third-order valence-corrected chi connectivity index (χ3v) is 3.83. The fourth-order valence-corrected chi connectivity index (χ4v) is 2.53. The summed E-state index contributed by atoms with van der Waals surface area (Å²) in [6.45, 7) is 9.08. The molecule has 0 aliphatic heterocycles. The molecular weight excluding hydrogens is 256 g/mol. The van der Waals surface area contributed by atoms with Gasteiger partial charge in [0.15, 0.2) is 5.13 Å². The fraction of sp³-hybridized carbons (Fsp3) is 0.429. The molecule has 2 heterocycles. The first-order valence-electron chi connectivity index (χ1n) is 6.59. The molecule has 2 aromatic rings. The molecule has 102 valence electrons. The first-order valence-corrected chi connectivity index (χ1v) is 7.40. The summed E-state index contributed by atoms with van der Waals surface area (Å²) in [7, 11) is 0. The van der Waals surface area contributed by atoms with Crippen molar-refractivity contribution in [2.75, 3.05) is 23.3 Å². The van der Waals surface area contributed by atoms with Crippen molar-refractivity contribution in [3.8, 4) is 0 Å². The fourth-order valence-electron chi connectivity index (χ4n) is 1.87. The highest BCUT2D eigenvalue weighted by Gasteiger charge is 2.03. The standard InChI is InChI=1S/C14H20N4S/c1-4-18(5-2)13-7-6-12(9-15-13)10-17-14-16-8-11(3)19-14/h6-9H,4-5,10H2,1-3H3,(H,16,17). The SMILES string of the molecule is CCN(CC)c1ccc(CNc2ncc(C)s2)cn1. The van der Waals surface area contributed by atoms with E-state index >= 15 is 0 Å². The largest absolute Gasteiger partial charge is 0.357 e. The summed E-state index contributed by atoms with van der Waals surface area (Å²) in [4.78, 5) is 12.2. The quantitative estimate of drug-likeness (QED) is 0.879. The zero-order valence-corrected chi connectivity index (χ0v) is 12.5. The lowest BCUT2D eigenvalue weighted by atomic mass is 10.3. The van der Waals surface area contributed by atoms with Gasteiger partial charge in [0.05, 0.1) is 0 Å². The maximum absolute atomic E-state index is 4.51. The van der Waals surface area contributed by atoms with Crippen LogP contribution in [0.1, 0.15) is 24.3 Å². The number of anilines is 2. The zero-order chi connectivity index (χ0) is 13.7. The zero-order valence-electron chi connectivity index (χ0n) is 11.7. The van der Waals surface area contributed by atoms with E-state index in [1.165, 1.54) is 10.4 Å². The van der Waals surface area contributed by atoms with E-state index in [1.807, 2.05) is 12.4 Å². The summed E-state index contributed by atoms with van der Waals surface area (Å²) < 4.78 is 0. The van der Waals surface area contributed by atoms with E-state index in [2.05, 4.69) is 53.1 Å². The lowest BCUT2D eigenvalue weighted by Crippen LogP contribution is -2.22. The first-order chi connectivity index (χ1) is 9.22. The Morgan fingerprint density at radius 1 is 1.16 bits per heavy atom. The van der Waals surface area contributed by atoms with Crippen molar-refractivity contribution >= 4 is 22.3 Å². The minimum Gasteiger partial charge on any atom is -0.357 e. The molecule has 0 aliphatic rings. The Morgan fingerprint density at radius 3 is 2.47 bits per heavy atom. The third kappa shape index (κ3) is 3.67. The van der Waals surface area contributed by atoms with E-state index in [0.29, 0.717) is 0 Å². The smallest absolute Gasteiger partial charge is 0.183 e. The average Bonchev–Trinajstić information content (AvgIpc) is 2.85. The van der Waals surface area contributed by atoms with Gasteiger partial charge < -0.3 is 10.2 Å². The monoisotopic (exact) mass is 276 g/mol. The van der Waals surface area contributed by atoms with Crippen LogP contribution < -0.4 is 10.2 Å². The summed E-state index contributed by atoms with van der Waals surface area (Å²) in [5.41, 5.74) is 1.17. The van der Waals surface area contributed by atoms with Crippen LogP contribution in [0.25, 0.3) is 0 Å². The molecule has 0 aromatic carbocycles. The van der Waals surface area contributed by atoms with E-state index in [1.54, 1.807) is 11.3 Å². The van der Waals surface area contributed by atoms with Crippen LogP contribution in [-0.2, 0) is 6.54 Å². The Labute approximate surface area is 118 Å². The second-order valence-corrected chi connectivity index (χ2v) is 5.56. The van der Waals surface area contributed by atoms with Crippen LogP contribution in [0.2, 0.25) is 0 Å². The number of thiazole rings is 1. The molecule has 0 aliphatic carbocycles. The molecule has 0 fully saturated rings. The maximum atomic E-state index is 4.51. The number of pyridine rings is 1. The average molecular weight is 276 g/mol. The number of nitrogens with zero attached hydrogens (tertiary/aromatic N) is 3. The normalized spacial score (nSPS) is 10.5. The molecule has 0 saturated heterocycles. The Hall–Kier alpha value is -1.62. The lowest BCUT2D eigenvalue weighted by Gasteiger charge is -2.19. The molecule has 0 saturated carbocycles. The molecule has 2 rings (SSSR count). The third-order valence-electron chi connectivity index (χ3n) is 2.96. The highest BCUT2D eigenvalue weighted by atomic mass is 32.1. The summed E-state index contributed by atoms with van der Waals surface area (Å²) in [5.74, 6) is 1.04. The number of rotatable bonds is 6.